The molecule has 1 amide bonds. The molecule has 5 nitrogen and oxygen atoms in total. The van der Waals surface area contributed by atoms with Gasteiger partial charge in [-0.05, 0) is 72.4 Å². The van der Waals surface area contributed by atoms with Crippen LogP contribution < -0.4 is 4.74 Å². The lowest BCUT2D eigenvalue weighted by atomic mass is 9.87. The fraction of sp³-hybridized carbons (Fsp3) is 0.259. The van der Waals surface area contributed by atoms with E-state index in [2.05, 4.69) is 0 Å². The lowest BCUT2D eigenvalue weighted by Gasteiger charge is -2.38. The van der Waals surface area contributed by atoms with Crippen molar-refractivity contribution in [1.82, 2.24) is 4.90 Å². The Morgan fingerprint density at radius 1 is 1.12 bits per heavy atom. The van der Waals surface area contributed by atoms with Crippen molar-refractivity contribution in [3.8, 4) is 5.75 Å². The molecule has 1 aliphatic heterocycles. The maximum absolute atomic E-state index is 14.0. The molecule has 1 unspecified atom stereocenters. The van der Waals surface area contributed by atoms with Gasteiger partial charge in [-0.15, -0.1) is 0 Å². The van der Waals surface area contributed by atoms with Crippen LogP contribution in [0.15, 0.2) is 60.7 Å². The molecule has 0 radical (unpaired) electrons. The molecule has 0 bridgehead atoms. The van der Waals surface area contributed by atoms with E-state index in [1.54, 1.807) is 29.2 Å². The van der Waals surface area contributed by atoms with Gasteiger partial charge in [-0.1, -0.05) is 41.9 Å². The number of aryl methyl sites for hydroxylation is 2. The van der Waals surface area contributed by atoms with Gasteiger partial charge in [-0.2, -0.15) is 0 Å². The van der Waals surface area contributed by atoms with Crippen LogP contribution in [0, 0.1) is 12.7 Å². The van der Waals surface area contributed by atoms with Crippen molar-refractivity contribution in [3.63, 3.8) is 0 Å². The molecule has 3 aromatic carbocycles. The number of rotatable bonds is 7. The van der Waals surface area contributed by atoms with Crippen LogP contribution in [0.5, 0.6) is 5.75 Å². The van der Waals surface area contributed by atoms with E-state index in [1.807, 2.05) is 31.2 Å². The van der Waals surface area contributed by atoms with Gasteiger partial charge in [0, 0.05) is 23.6 Å². The zero-order valence-corrected chi connectivity index (χ0v) is 19.5. The number of amides is 1. The Morgan fingerprint density at radius 2 is 1.91 bits per heavy atom. The van der Waals surface area contributed by atoms with E-state index in [1.165, 1.54) is 12.1 Å². The molecule has 0 spiro atoms. The molecular formula is C27H25ClFNO4. The van der Waals surface area contributed by atoms with Crippen LogP contribution in [0.1, 0.15) is 40.3 Å². The van der Waals surface area contributed by atoms with Crippen molar-refractivity contribution in [2.24, 2.45) is 0 Å². The smallest absolute Gasteiger partial charge is 0.341 e. The second kappa shape index (κ2) is 10.3. The first-order valence-corrected chi connectivity index (χ1v) is 11.5. The lowest BCUT2D eigenvalue weighted by molar-refractivity contribution is -0.139. The van der Waals surface area contributed by atoms with Gasteiger partial charge < -0.3 is 14.7 Å². The summed E-state index contributed by atoms with van der Waals surface area (Å²) in [4.78, 5) is 26.4. The van der Waals surface area contributed by atoms with Gasteiger partial charge in [-0.25, -0.2) is 9.18 Å². The topological polar surface area (TPSA) is 66.8 Å². The molecule has 4 rings (SSSR count). The third kappa shape index (κ3) is 5.23. The summed E-state index contributed by atoms with van der Waals surface area (Å²) in [7, 11) is 0. The van der Waals surface area contributed by atoms with Crippen LogP contribution in [0.25, 0.3) is 0 Å². The van der Waals surface area contributed by atoms with Gasteiger partial charge in [0.1, 0.15) is 11.6 Å². The molecule has 0 fully saturated rings. The number of ether oxygens (including phenoxy) is 1. The summed E-state index contributed by atoms with van der Waals surface area (Å²) in [5.74, 6) is -1.18. The summed E-state index contributed by atoms with van der Waals surface area (Å²) in [6, 6.07) is 16.8. The Labute approximate surface area is 202 Å². The number of hydrogen-bond donors (Lipinski definition) is 1. The first-order chi connectivity index (χ1) is 16.3. The van der Waals surface area contributed by atoms with Crippen molar-refractivity contribution in [2.75, 3.05) is 13.2 Å². The predicted molar refractivity (Wildman–Crippen MR) is 128 cm³/mol. The zero-order valence-electron chi connectivity index (χ0n) is 18.8. The minimum atomic E-state index is -1.11. The number of carboxylic acid groups (broad SMARTS) is 1. The molecule has 7 heteroatoms. The molecule has 1 heterocycles. The summed E-state index contributed by atoms with van der Waals surface area (Å²) in [6.07, 6.45) is 1.43. The number of nitrogens with zero attached hydrogens (tertiary/aromatic N) is 1. The third-order valence-corrected chi connectivity index (χ3v) is 6.38. The first-order valence-electron chi connectivity index (χ1n) is 11.1. The highest BCUT2D eigenvalue weighted by Crippen LogP contribution is 2.41. The molecule has 3 aromatic rings. The standard InChI is InChI=1S/C27H25ClFNO4/c1-17-4-2-3-5-18(17)6-11-25(31)30-13-12-19-14-21(29)8-9-22(19)27(30)23-15-20(28)7-10-24(23)34-16-26(32)33/h2-5,7-10,14-15,27H,6,11-13,16H2,1H3,(H,32,33). The fourth-order valence-electron chi connectivity index (χ4n) is 4.48. The molecule has 1 N–H and O–H groups in total. The zero-order chi connectivity index (χ0) is 24.2. The Morgan fingerprint density at radius 3 is 2.68 bits per heavy atom. The number of fused-ring (bicyclic) bond motifs is 1. The Bertz CT molecular complexity index is 1230. The largest absolute Gasteiger partial charge is 0.482 e. The number of aliphatic carboxylic acids is 1. The van der Waals surface area contributed by atoms with E-state index >= 15 is 0 Å². The van der Waals surface area contributed by atoms with Crippen LogP contribution >= 0.6 is 11.6 Å². The first kappa shape index (κ1) is 23.8. The van der Waals surface area contributed by atoms with Crippen LogP contribution in [-0.2, 0) is 22.4 Å². The predicted octanol–water partition coefficient (Wildman–Crippen LogP) is 5.36. The summed E-state index contributed by atoms with van der Waals surface area (Å²) >= 11 is 6.30. The minimum absolute atomic E-state index is 0.0487. The summed E-state index contributed by atoms with van der Waals surface area (Å²) in [5, 5.41) is 9.53. The molecule has 176 valence electrons. The third-order valence-electron chi connectivity index (χ3n) is 6.14. The van der Waals surface area contributed by atoms with Crippen molar-refractivity contribution in [1.29, 1.82) is 0 Å². The molecule has 34 heavy (non-hydrogen) atoms. The molecule has 0 saturated heterocycles. The van der Waals surface area contributed by atoms with Crippen molar-refractivity contribution in [2.45, 2.75) is 32.2 Å². The summed E-state index contributed by atoms with van der Waals surface area (Å²) < 4.78 is 19.5. The summed E-state index contributed by atoms with van der Waals surface area (Å²) in [6.45, 7) is 1.89. The number of carboxylic acids is 1. The van der Waals surface area contributed by atoms with Crippen LogP contribution in [-0.4, -0.2) is 35.0 Å². The van der Waals surface area contributed by atoms with Gasteiger partial charge in [0.05, 0.1) is 6.04 Å². The second-order valence-corrected chi connectivity index (χ2v) is 8.81. The molecule has 0 aromatic heterocycles. The highest BCUT2D eigenvalue weighted by molar-refractivity contribution is 6.30. The van der Waals surface area contributed by atoms with E-state index in [0.717, 1.165) is 22.3 Å². The number of halogens is 2. The number of carbonyl (C=O) groups excluding carboxylic acids is 1. The van der Waals surface area contributed by atoms with E-state index in [4.69, 9.17) is 21.4 Å². The van der Waals surface area contributed by atoms with Crippen LogP contribution in [0.4, 0.5) is 4.39 Å². The highest BCUT2D eigenvalue weighted by atomic mass is 35.5. The Kier molecular flexibility index (Phi) is 7.17. The monoisotopic (exact) mass is 481 g/mol. The minimum Gasteiger partial charge on any atom is -0.482 e. The van der Waals surface area contributed by atoms with Crippen LogP contribution in [0.2, 0.25) is 5.02 Å². The number of benzene rings is 3. The number of hydrogen-bond acceptors (Lipinski definition) is 3. The van der Waals surface area contributed by atoms with Gasteiger partial charge >= 0.3 is 5.97 Å². The van der Waals surface area contributed by atoms with E-state index < -0.39 is 18.6 Å². The maximum Gasteiger partial charge on any atom is 0.341 e. The summed E-state index contributed by atoms with van der Waals surface area (Å²) in [5.41, 5.74) is 4.40. The fourth-order valence-corrected chi connectivity index (χ4v) is 4.66. The Balaban J connectivity index is 1.71. The molecule has 0 saturated carbocycles. The van der Waals surface area contributed by atoms with E-state index in [-0.39, 0.29) is 11.7 Å². The second-order valence-electron chi connectivity index (χ2n) is 8.37. The van der Waals surface area contributed by atoms with Crippen molar-refractivity contribution in [3.05, 3.63) is 99.3 Å². The van der Waals surface area contributed by atoms with Gasteiger partial charge in [0.25, 0.3) is 0 Å². The molecule has 1 aliphatic rings. The van der Waals surface area contributed by atoms with Gasteiger partial charge in [0.15, 0.2) is 6.61 Å². The normalized spacial score (nSPS) is 15.0. The van der Waals surface area contributed by atoms with Crippen molar-refractivity contribution >= 4 is 23.5 Å². The number of carbonyl (C=O) groups is 2. The van der Waals surface area contributed by atoms with Gasteiger partial charge in [-0.3, -0.25) is 4.79 Å². The average Bonchev–Trinajstić information content (AvgIpc) is 2.81. The average molecular weight is 482 g/mol. The Hall–Kier alpha value is -3.38. The molecule has 0 aliphatic carbocycles. The van der Waals surface area contributed by atoms with Gasteiger partial charge in [0.2, 0.25) is 5.91 Å². The lowest BCUT2D eigenvalue weighted by Crippen LogP contribution is -2.41. The van der Waals surface area contributed by atoms with Crippen LogP contribution in [0.3, 0.4) is 0 Å². The van der Waals surface area contributed by atoms with E-state index in [0.29, 0.717) is 42.1 Å². The molecular weight excluding hydrogens is 457 g/mol. The van der Waals surface area contributed by atoms with E-state index in [9.17, 15) is 14.0 Å². The SMILES string of the molecule is Cc1ccccc1CCC(=O)N1CCc2cc(F)ccc2C1c1cc(Cl)ccc1OCC(=O)O. The quantitative estimate of drug-likeness (QED) is 0.493. The molecule has 1 atom stereocenters. The van der Waals surface area contributed by atoms with Crippen molar-refractivity contribution < 1.29 is 23.8 Å². The highest BCUT2D eigenvalue weighted by Gasteiger charge is 2.34. The maximum atomic E-state index is 14.0.